The summed E-state index contributed by atoms with van der Waals surface area (Å²) in [5, 5.41) is 1.28. The molecule has 1 aliphatic heterocycles. The molecule has 0 bridgehead atoms. The topological polar surface area (TPSA) is 66.6 Å². The molecule has 5 heterocycles. The van der Waals surface area contributed by atoms with Crippen LogP contribution in [-0.2, 0) is 19.4 Å². The molecule has 30 heavy (non-hydrogen) atoms. The van der Waals surface area contributed by atoms with E-state index in [0.717, 1.165) is 48.9 Å². The molecule has 1 fully saturated rings. The summed E-state index contributed by atoms with van der Waals surface area (Å²) < 4.78 is 1.58. The van der Waals surface area contributed by atoms with Gasteiger partial charge in [-0.2, -0.15) is 0 Å². The summed E-state index contributed by atoms with van der Waals surface area (Å²) in [6.45, 7) is 4.38. The first kappa shape index (κ1) is 18.0. The molecule has 7 nitrogen and oxygen atoms in total. The Kier molecular flexibility index (Phi) is 4.28. The molecule has 4 aromatic rings. The maximum Gasteiger partial charge on any atom is 0.258 e. The highest BCUT2D eigenvalue weighted by atomic mass is 32.1. The van der Waals surface area contributed by atoms with E-state index < -0.39 is 0 Å². The van der Waals surface area contributed by atoms with Crippen LogP contribution in [0.1, 0.15) is 22.6 Å². The Bertz CT molecular complexity index is 1300. The summed E-state index contributed by atoms with van der Waals surface area (Å²) in [7, 11) is 0. The third-order valence-electron chi connectivity index (χ3n) is 6.16. The van der Waals surface area contributed by atoms with Crippen molar-refractivity contribution in [1.82, 2.24) is 24.3 Å². The van der Waals surface area contributed by atoms with Crippen LogP contribution in [0.4, 0.5) is 5.82 Å². The maximum absolute atomic E-state index is 12.4. The van der Waals surface area contributed by atoms with Crippen molar-refractivity contribution in [2.75, 3.05) is 31.1 Å². The number of thiophene rings is 1. The summed E-state index contributed by atoms with van der Waals surface area (Å²) in [4.78, 5) is 33.6. The highest BCUT2D eigenvalue weighted by Crippen LogP contribution is 2.40. The fraction of sp³-hybridized carbons (Fsp3) is 0.364. The van der Waals surface area contributed by atoms with Gasteiger partial charge in [0.25, 0.3) is 5.56 Å². The Balaban J connectivity index is 1.21. The van der Waals surface area contributed by atoms with Gasteiger partial charge in [-0.15, -0.1) is 11.3 Å². The van der Waals surface area contributed by atoms with Crippen molar-refractivity contribution in [1.29, 1.82) is 0 Å². The molecule has 1 saturated heterocycles. The summed E-state index contributed by atoms with van der Waals surface area (Å²) >= 11 is 1.84. The molecule has 0 amide bonds. The largest absolute Gasteiger partial charge is 0.353 e. The Morgan fingerprint density at radius 2 is 1.97 bits per heavy atom. The van der Waals surface area contributed by atoms with Crippen LogP contribution in [0, 0.1) is 0 Å². The number of fused-ring (bicyclic) bond motifs is 4. The number of aromatic nitrogens is 4. The number of hydrogen-bond donors (Lipinski definition) is 0. The van der Waals surface area contributed by atoms with E-state index >= 15 is 0 Å². The second kappa shape index (κ2) is 7.14. The van der Waals surface area contributed by atoms with Gasteiger partial charge >= 0.3 is 0 Å². The Hall–Kier alpha value is -2.84. The first-order valence-electron chi connectivity index (χ1n) is 10.5. The Morgan fingerprint density at radius 3 is 2.87 bits per heavy atom. The van der Waals surface area contributed by atoms with Crippen LogP contribution in [-0.4, -0.2) is 50.4 Å². The van der Waals surface area contributed by atoms with Gasteiger partial charge in [-0.25, -0.2) is 15.0 Å². The van der Waals surface area contributed by atoms with Crippen LogP contribution in [0.3, 0.4) is 0 Å². The van der Waals surface area contributed by atoms with Gasteiger partial charge in [0.1, 0.15) is 22.6 Å². The van der Waals surface area contributed by atoms with Gasteiger partial charge < -0.3 is 4.90 Å². The number of aryl methyl sites for hydroxylation is 2. The van der Waals surface area contributed by atoms with Crippen LogP contribution in [0.25, 0.3) is 15.9 Å². The summed E-state index contributed by atoms with van der Waals surface area (Å²) in [6, 6.07) is 7.29. The van der Waals surface area contributed by atoms with Crippen LogP contribution < -0.4 is 10.5 Å². The van der Waals surface area contributed by atoms with E-state index in [4.69, 9.17) is 0 Å². The molecule has 0 spiro atoms. The molecular weight excluding hydrogens is 396 g/mol. The molecule has 1 aliphatic carbocycles. The predicted octanol–water partition coefficient (Wildman–Crippen LogP) is 2.51. The van der Waals surface area contributed by atoms with Gasteiger partial charge in [0.2, 0.25) is 0 Å². The highest BCUT2D eigenvalue weighted by Gasteiger charge is 2.25. The zero-order valence-electron chi connectivity index (χ0n) is 16.6. The minimum atomic E-state index is -0.0241. The lowest BCUT2D eigenvalue weighted by atomic mass is 10.1. The molecular formula is C22H22N6OS. The van der Waals surface area contributed by atoms with E-state index in [9.17, 15) is 4.79 Å². The molecule has 6 rings (SSSR count). The Labute approximate surface area is 177 Å². The fourth-order valence-corrected chi connectivity index (χ4v) is 5.91. The lowest BCUT2D eigenvalue weighted by Crippen LogP contribution is -2.46. The first-order valence-corrected chi connectivity index (χ1v) is 11.3. The molecule has 8 heteroatoms. The molecule has 2 aliphatic rings. The van der Waals surface area contributed by atoms with Gasteiger partial charge in [-0.05, 0) is 37.0 Å². The van der Waals surface area contributed by atoms with Gasteiger partial charge in [0.05, 0.1) is 11.1 Å². The minimum Gasteiger partial charge on any atom is -0.353 e. The molecule has 4 aromatic heterocycles. The minimum absolute atomic E-state index is 0.0241. The molecule has 0 radical (unpaired) electrons. The van der Waals surface area contributed by atoms with Crippen molar-refractivity contribution in [2.45, 2.75) is 25.8 Å². The number of nitrogens with zero attached hydrogens (tertiary/aromatic N) is 6. The molecule has 0 unspecified atom stereocenters. The fourth-order valence-electron chi connectivity index (χ4n) is 4.68. The number of piperazine rings is 1. The normalized spacial score (nSPS) is 17.1. The number of anilines is 1. The number of hydrogen-bond acceptors (Lipinski definition) is 7. The molecule has 0 saturated carbocycles. The zero-order valence-corrected chi connectivity index (χ0v) is 17.4. The van der Waals surface area contributed by atoms with Crippen LogP contribution >= 0.6 is 11.3 Å². The lowest BCUT2D eigenvalue weighted by molar-refractivity contribution is 0.247. The van der Waals surface area contributed by atoms with Gasteiger partial charge in [0, 0.05) is 49.9 Å². The van der Waals surface area contributed by atoms with Crippen molar-refractivity contribution in [3.63, 3.8) is 0 Å². The summed E-state index contributed by atoms with van der Waals surface area (Å²) in [6.07, 6.45) is 7.05. The quantitative estimate of drug-likeness (QED) is 0.509. The van der Waals surface area contributed by atoms with Gasteiger partial charge in [-0.3, -0.25) is 14.1 Å². The standard InChI is InChI=1S/C22H22N6OS/c29-19-12-15(25-18-6-1-2-7-28(18)19)13-26-8-10-27(11-9-26)21-20-16-4-3-5-17(16)30-22(20)24-14-23-21/h1-2,6-7,12,14H,3-5,8-11,13H2. The number of pyridine rings is 1. The van der Waals surface area contributed by atoms with Gasteiger partial charge in [0.15, 0.2) is 0 Å². The van der Waals surface area contributed by atoms with E-state index in [1.165, 1.54) is 28.7 Å². The summed E-state index contributed by atoms with van der Waals surface area (Å²) in [5.41, 5.74) is 2.99. The second-order valence-electron chi connectivity index (χ2n) is 8.01. The third kappa shape index (κ3) is 2.98. The van der Waals surface area contributed by atoms with Gasteiger partial charge in [-0.1, -0.05) is 6.07 Å². The SMILES string of the molecule is O=c1cc(CN2CCN(c3ncnc4sc5c(c34)CCC5)CC2)nc2ccccn12. The predicted molar refractivity (Wildman–Crippen MR) is 118 cm³/mol. The molecule has 152 valence electrons. The second-order valence-corrected chi connectivity index (χ2v) is 9.10. The molecule has 0 atom stereocenters. The van der Waals surface area contributed by atoms with Crippen molar-refractivity contribution < 1.29 is 0 Å². The molecule has 0 aromatic carbocycles. The van der Waals surface area contributed by atoms with E-state index in [0.29, 0.717) is 12.2 Å². The van der Waals surface area contributed by atoms with Crippen LogP contribution in [0.15, 0.2) is 41.6 Å². The number of rotatable bonds is 3. The monoisotopic (exact) mass is 418 g/mol. The average Bonchev–Trinajstić information content (AvgIpc) is 3.35. The summed E-state index contributed by atoms with van der Waals surface area (Å²) in [5.74, 6) is 1.10. The van der Waals surface area contributed by atoms with Crippen molar-refractivity contribution in [3.8, 4) is 0 Å². The van der Waals surface area contributed by atoms with Crippen LogP contribution in [0.2, 0.25) is 0 Å². The van der Waals surface area contributed by atoms with E-state index in [1.54, 1.807) is 23.0 Å². The van der Waals surface area contributed by atoms with Crippen molar-refractivity contribution >= 4 is 33.0 Å². The third-order valence-corrected chi connectivity index (χ3v) is 7.36. The van der Waals surface area contributed by atoms with E-state index in [1.807, 2.05) is 29.5 Å². The smallest absolute Gasteiger partial charge is 0.258 e. The first-order chi connectivity index (χ1) is 14.8. The van der Waals surface area contributed by atoms with Crippen molar-refractivity contribution in [3.05, 3.63) is 63.3 Å². The lowest BCUT2D eigenvalue weighted by Gasteiger charge is -2.35. The molecule has 0 N–H and O–H groups in total. The average molecular weight is 419 g/mol. The van der Waals surface area contributed by atoms with Crippen LogP contribution in [0.5, 0.6) is 0 Å². The zero-order chi connectivity index (χ0) is 20.1. The maximum atomic E-state index is 12.4. The highest BCUT2D eigenvalue weighted by molar-refractivity contribution is 7.19. The Morgan fingerprint density at radius 1 is 1.07 bits per heavy atom. The van der Waals surface area contributed by atoms with Crippen molar-refractivity contribution in [2.24, 2.45) is 0 Å². The van der Waals surface area contributed by atoms with E-state index in [2.05, 4.69) is 24.8 Å². The van der Waals surface area contributed by atoms with E-state index in [-0.39, 0.29) is 5.56 Å².